The lowest BCUT2D eigenvalue weighted by Gasteiger charge is -2.22. The second-order valence-corrected chi connectivity index (χ2v) is 7.45. The number of likely N-dealkylation sites (N-methyl/N-ethyl adjacent to an activating group) is 1. The molecule has 4 nitrogen and oxygen atoms in total. The van der Waals surface area contributed by atoms with E-state index in [0.717, 1.165) is 31.1 Å². The number of nitrogen functional groups attached to an aromatic ring is 1. The van der Waals surface area contributed by atoms with Gasteiger partial charge in [0.05, 0.1) is 29.5 Å². The van der Waals surface area contributed by atoms with Gasteiger partial charge in [-0.25, -0.2) is 0 Å². The van der Waals surface area contributed by atoms with Gasteiger partial charge in [0, 0.05) is 6.54 Å². The quantitative estimate of drug-likeness (QED) is 0.437. The zero-order chi connectivity index (χ0) is 21.6. The summed E-state index contributed by atoms with van der Waals surface area (Å²) in [7, 11) is 3.45. The van der Waals surface area contributed by atoms with Gasteiger partial charge in [-0.05, 0) is 68.2 Å². The molecular weight excluding hydrogens is 405 g/mol. The first-order valence-electron chi connectivity index (χ1n) is 9.27. The van der Waals surface area contributed by atoms with E-state index in [4.69, 9.17) is 22.1 Å². The second-order valence-electron chi connectivity index (χ2n) is 7.04. The van der Waals surface area contributed by atoms with Crippen molar-refractivity contribution in [3.63, 3.8) is 0 Å². The molecule has 0 saturated heterocycles. The summed E-state index contributed by atoms with van der Waals surface area (Å²) in [6.07, 6.45) is -2.95. The number of unbranched alkanes of at least 4 members (excludes halogenated alkanes) is 1. The minimum Gasteiger partial charge on any atom is -0.497 e. The van der Waals surface area contributed by atoms with Crippen LogP contribution in [-0.4, -0.2) is 37.3 Å². The van der Waals surface area contributed by atoms with Gasteiger partial charge in [0.15, 0.2) is 0 Å². The number of aryl methyl sites for hydroxylation is 1. The summed E-state index contributed by atoms with van der Waals surface area (Å²) in [6, 6.07) is 10.0. The van der Waals surface area contributed by atoms with Gasteiger partial charge in [0.1, 0.15) is 5.75 Å². The van der Waals surface area contributed by atoms with Gasteiger partial charge in [-0.15, -0.1) is 0 Å². The monoisotopic (exact) mass is 430 g/mol. The van der Waals surface area contributed by atoms with E-state index in [0.29, 0.717) is 6.54 Å². The number of ether oxygens (including phenoxy) is 1. The number of hydrogen-bond acceptors (Lipinski definition) is 4. The van der Waals surface area contributed by atoms with E-state index in [1.807, 2.05) is 36.2 Å². The fourth-order valence-electron chi connectivity index (χ4n) is 3.06. The molecule has 0 amide bonds. The van der Waals surface area contributed by atoms with Crippen LogP contribution in [-0.2, 0) is 12.6 Å². The summed E-state index contributed by atoms with van der Waals surface area (Å²) in [6.45, 7) is 0.905. The van der Waals surface area contributed by atoms with Crippen molar-refractivity contribution in [3.05, 3.63) is 58.1 Å². The average molecular weight is 431 g/mol. The molecule has 0 aliphatic carbocycles. The molecule has 160 valence electrons. The van der Waals surface area contributed by atoms with Crippen LogP contribution in [0.5, 0.6) is 5.75 Å². The zero-order valence-electron chi connectivity index (χ0n) is 16.5. The molecule has 0 fully saturated rings. The first-order chi connectivity index (χ1) is 13.6. The molecule has 3 N–H and O–H groups in total. The first kappa shape index (κ1) is 23.3. The number of aliphatic hydroxyl groups is 1. The summed E-state index contributed by atoms with van der Waals surface area (Å²) in [5.74, 6) is 0.818. The number of nitrogens with zero attached hydrogens (tertiary/aromatic N) is 1. The molecule has 0 spiro atoms. The molecule has 2 aromatic carbocycles. The molecule has 29 heavy (non-hydrogen) atoms. The molecule has 1 unspecified atom stereocenters. The maximum absolute atomic E-state index is 13.1. The summed E-state index contributed by atoms with van der Waals surface area (Å²) < 4.78 is 44.4. The summed E-state index contributed by atoms with van der Waals surface area (Å²) >= 11 is 5.83. The van der Waals surface area contributed by atoms with Crippen LogP contribution in [0.1, 0.15) is 35.6 Å². The highest BCUT2D eigenvalue weighted by Crippen LogP contribution is 2.39. The van der Waals surface area contributed by atoms with Crippen LogP contribution >= 0.6 is 11.6 Å². The third-order valence-corrected chi connectivity index (χ3v) is 5.05. The molecule has 1 atom stereocenters. The Bertz CT molecular complexity index is 798. The smallest absolute Gasteiger partial charge is 0.418 e. The molecule has 8 heteroatoms. The number of rotatable bonds is 9. The maximum atomic E-state index is 13.1. The van der Waals surface area contributed by atoms with Gasteiger partial charge in [0.2, 0.25) is 0 Å². The Labute approximate surface area is 174 Å². The molecule has 0 aliphatic rings. The van der Waals surface area contributed by atoms with Crippen LogP contribution in [0.2, 0.25) is 5.02 Å². The van der Waals surface area contributed by atoms with Crippen LogP contribution in [0.15, 0.2) is 36.4 Å². The van der Waals surface area contributed by atoms with Gasteiger partial charge in [-0.2, -0.15) is 13.2 Å². The van der Waals surface area contributed by atoms with Crippen molar-refractivity contribution in [2.75, 3.05) is 33.0 Å². The van der Waals surface area contributed by atoms with E-state index in [1.165, 1.54) is 11.6 Å². The molecule has 0 radical (unpaired) electrons. The normalized spacial score (nSPS) is 13.0. The van der Waals surface area contributed by atoms with Crippen LogP contribution in [0.3, 0.4) is 0 Å². The predicted octanol–water partition coefficient (Wildman–Crippen LogP) is 4.94. The predicted molar refractivity (Wildman–Crippen MR) is 109 cm³/mol. The number of aliphatic hydroxyl groups excluding tert-OH is 1. The number of hydrogen-bond donors (Lipinski definition) is 2. The lowest BCUT2D eigenvalue weighted by Crippen LogP contribution is -2.26. The van der Waals surface area contributed by atoms with Gasteiger partial charge < -0.3 is 20.5 Å². The fraction of sp³-hybridized carbons (Fsp3) is 0.429. The Morgan fingerprint density at radius 3 is 2.41 bits per heavy atom. The number of anilines is 1. The van der Waals surface area contributed by atoms with Gasteiger partial charge in [-0.1, -0.05) is 23.7 Å². The molecule has 0 bridgehead atoms. The minimum absolute atomic E-state index is 0.0987. The van der Waals surface area contributed by atoms with Crippen molar-refractivity contribution >= 4 is 17.3 Å². The van der Waals surface area contributed by atoms with Crippen LogP contribution in [0.25, 0.3) is 0 Å². The standard InChI is InChI=1S/C21H26ClF3N2O2/c1-27(10-4-3-5-14-6-8-16(29-2)9-7-14)13-19(28)15-11-17(21(23,24)25)20(26)18(22)12-15/h6-9,11-12,19,28H,3-5,10,13,26H2,1-2H3. The SMILES string of the molecule is COc1ccc(CCCCN(C)CC(O)c2cc(Cl)c(N)c(C(F)(F)F)c2)cc1. The number of benzene rings is 2. The van der Waals surface area contributed by atoms with E-state index >= 15 is 0 Å². The third-order valence-electron chi connectivity index (χ3n) is 4.74. The lowest BCUT2D eigenvalue weighted by atomic mass is 10.0. The van der Waals surface area contributed by atoms with Gasteiger partial charge in [-0.3, -0.25) is 0 Å². The van der Waals surface area contributed by atoms with Crippen LogP contribution in [0, 0.1) is 0 Å². The number of alkyl halides is 3. The fourth-order valence-corrected chi connectivity index (χ4v) is 3.29. The Balaban J connectivity index is 1.85. The Kier molecular flexibility index (Phi) is 8.19. The second kappa shape index (κ2) is 10.2. The third kappa shape index (κ3) is 6.80. The molecule has 0 saturated carbocycles. The van der Waals surface area contributed by atoms with Crippen LogP contribution in [0.4, 0.5) is 18.9 Å². The van der Waals surface area contributed by atoms with E-state index in [2.05, 4.69) is 0 Å². The Hall–Kier alpha value is -1.96. The molecule has 2 aromatic rings. The van der Waals surface area contributed by atoms with Crippen molar-refractivity contribution < 1.29 is 23.0 Å². The molecule has 2 rings (SSSR count). The molecule has 0 heterocycles. The maximum Gasteiger partial charge on any atom is 0.418 e. The highest BCUT2D eigenvalue weighted by Gasteiger charge is 2.34. The van der Waals surface area contributed by atoms with Crippen molar-refractivity contribution in [2.24, 2.45) is 0 Å². The van der Waals surface area contributed by atoms with E-state index < -0.39 is 23.5 Å². The van der Waals surface area contributed by atoms with Crippen molar-refractivity contribution in [1.29, 1.82) is 0 Å². The topological polar surface area (TPSA) is 58.7 Å². The van der Waals surface area contributed by atoms with E-state index in [-0.39, 0.29) is 17.1 Å². The summed E-state index contributed by atoms with van der Waals surface area (Å²) in [5, 5.41) is 10.1. The molecule has 0 aliphatic heterocycles. The first-order valence-corrected chi connectivity index (χ1v) is 9.65. The molecule has 0 aromatic heterocycles. The van der Waals surface area contributed by atoms with E-state index in [9.17, 15) is 18.3 Å². The minimum atomic E-state index is -4.63. The van der Waals surface area contributed by atoms with Crippen molar-refractivity contribution in [3.8, 4) is 5.75 Å². The Morgan fingerprint density at radius 2 is 1.83 bits per heavy atom. The summed E-state index contributed by atoms with van der Waals surface area (Å²) in [4.78, 5) is 1.89. The van der Waals surface area contributed by atoms with Gasteiger partial charge in [0.25, 0.3) is 0 Å². The number of halogens is 4. The van der Waals surface area contributed by atoms with Gasteiger partial charge >= 0.3 is 6.18 Å². The zero-order valence-corrected chi connectivity index (χ0v) is 17.2. The van der Waals surface area contributed by atoms with E-state index in [1.54, 1.807) is 7.11 Å². The number of methoxy groups -OCH3 is 1. The number of nitrogens with two attached hydrogens (primary N) is 1. The van der Waals surface area contributed by atoms with Crippen molar-refractivity contribution in [1.82, 2.24) is 4.90 Å². The highest BCUT2D eigenvalue weighted by molar-refractivity contribution is 6.33. The highest BCUT2D eigenvalue weighted by atomic mass is 35.5. The Morgan fingerprint density at radius 1 is 1.17 bits per heavy atom. The molecular formula is C21H26ClF3N2O2. The van der Waals surface area contributed by atoms with Crippen LogP contribution < -0.4 is 10.5 Å². The van der Waals surface area contributed by atoms with Crippen molar-refractivity contribution in [2.45, 2.75) is 31.5 Å². The average Bonchev–Trinajstić information content (AvgIpc) is 2.66. The lowest BCUT2D eigenvalue weighted by molar-refractivity contribution is -0.137. The largest absolute Gasteiger partial charge is 0.497 e. The summed E-state index contributed by atoms with van der Waals surface area (Å²) in [5.41, 5.74) is 5.19.